The third-order valence-corrected chi connectivity index (χ3v) is 4.19. The summed E-state index contributed by atoms with van der Waals surface area (Å²) in [5.74, 6) is -0.471. The lowest BCUT2D eigenvalue weighted by Gasteiger charge is -2.16. The first-order chi connectivity index (χ1) is 11.7. The third-order valence-electron chi connectivity index (χ3n) is 4.19. The van der Waals surface area contributed by atoms with E-state index in [2.05, 4.69) is 24.3 Å². The average Bonchev–Trinajstić information content (AvgIpc) is 2.94. The highest BCUT2D eigenvalue weighted by molar-refractivity contribution is 5.79. The number of fused-ring (bicyclic) bond motifs is 3. The van der Waals surface area contributed by atoms with Crippen LogP contribution in [-0.4, -0.2) is 43.5 Å². The number of carbonyl (C=O) groups excluding carboxylic acids is 1. The van der Waals surface area contributed by atoms with Gasteiger partial charge in [-0.15, -0.1) is 0 Å². The number of benzene rings is 2. The van der Waals surface area contributed by atoms with Crippen LogP contribution in [0.5, 0.6) is 0 Å². The molecule has 2 aromatic carbocycles. The Hall–Kier alpha value is -2.21. The predicted octanol–water partition coefficient (Wildman–Crippen LogP) is 1.68. The van der Waals surface area contributed by atoms with E-state index in [-0.39, 0.29) is 32.3 Å². The van der Waals surface area contributed by atoms with Gasteiger partial charge in [-0.1, -0.05) is 48.5 Å². The molecule has 0 radical (unpaired) electrons. The van der Waals surface area contributed by atoms with Gasteiger partial charge in [-0.3, -0.25) is 4.79 Å². The number of ether oxygens (including phenoxy) is 2. The van der Waals surface area contributed by atoms with Crippen LogP contribution < -0.4 is 5.73 Å². The summed E-state index contributed by atoms with van der Waals surface area (Å²) in [6.45, 7) is 0.347. The van der Waals surface area contributed by atoms with Gasteiger partial charge in [0.25, 0.3) is 0 Å². The maximum atomic E-state index is 12.0. The van der Waals surface area contributed by atoms with Gasteiger partial charge in [0.2, 0.25) is 0 Å². The van der Waals surface area contributed by atoms with Crippen LogP contribution >= 0.6 is 0 Å². The lowest BCUT2D eigenvalue weighted by atomic mass is 9.98. The Morgan fingerprint density at radius 2 is 1.67 bits per heavy atom. The zero-order valence-electron chi connectivity index (χ0n) is 13.4. The van der Waals surface area contributed by atoms with Gasteiger partial charge in [-0.05, 0) is 22.3 Å². The molecule has 1 aliphatic carbocycles. The van der Waals surface area contributed by atoms with E-state index in [1.54, 1.807) is 0 Å². The molecule has 0 spiro atoms. The summed E-state index contributed by atoms with van der Waals surface area (Å²) in [7, 11) is 0. The lowest BCUT2D eigenvalue weighted by molar-refractivity contribution is -0.147. The molecule has 1 unspecified atom stereocenters. The van der Waals surface area contributed by atoms with E-state index >= 15 is 0 Å². The van der Waals surface area contributed by atoms with Crippen molar-refractivity contribution in [2.75, 3.05) is 26.4 Å². The number of hydrogen-bond donors (Lipinski definition) is 2. The number of rotatable bonds is 7. The fourth-order valence-electron chi connectivity index (χ4n) is 3.05. The minimum atomic E-state index is -0.844. The normalized spacial score (nSPS) is 14.1. The van der Waals surface area contributed by atoms with E-state index in [4.69, 9.17) is 20.3 Å². The van der Waals surface area contributed by atoms with Gasteiger partial charge in [0, 0.05) is 5.92 Å². The second-order valence-corrected chi connectivity index (χ2v) is 5.76. The molecule has 24 heavy (non-hydrogen) atoms. The van der Waals surface area contributed by atoms with Crippen molar-refractivity contribution in [3.63, 3.8) is 0 Å². The number of hydrogen-bond acceptors (Lipinski definition) is 5. The zero-order chi connectivity index (χ0) is 16.9. The minimum absolute atomic E-state index is 0.0203. The van der Waals surface area contributed by atoms with Gasteiger partial charge in [0.15, 0.2) is 0 Å². The lowest BCUT2D eigenvalue weighted by Crippen LogP contribution is -2.37. The van der Waals surface area contributed by atoms with E-state index in [0.717, 1.165) is 11.1 Å². The molecule has 1 atom stereocenters. The summed E-state index contributed by atoms with van der Waals surface area (Å²) in [5.41, 5.74) is 10.4. The first-order valence-electron chi connectivity index (χ1n) is 8.01. The second-order valence-electron chi connectivity index (χ2n) is 5.76. The molecule has 3 rings (SSSR count). The van der Waals surface area contributed by atoms with E-state index in [1.807, 2.05) is 24.3 Å². The molecule has 0 amide bonds. The van der Waals surface area contributed by atoms with Crippen LogP contribution in [0.15, 0.2) is 48.5 Å². The smallest absolute Gasteiger partial charge is 0.325 e. The van der Waals surface area contributed by atoms with E-state index in [9.17, 15) is 4.79 Å². The summed E-state index contributed by atoms with van der Waals surface area (Å²) in [4.78, 5) is 12.0. The van der Waals surface area contributed by atoms with Crippen molar-refractivity contribution in [3.8, 4) is 11.1 Å². The van der Waals surface area contributed by atoms with E-state index in [0.29, 0.717) is 0 Å². The number of aliphatic hydroxyl groups is 1. The molecule has 3 N–H and O–H groups in total. The summed E-state index contributed by atoms with van der Waals surface area (Å²) in [6.07, 6.45) is 0. The minimum Gasteiger partial charge on any atom is -0.463 e. The second kappa shape index (κ2) is 7.57. The highest BCUT2D eigenvalue weighted by atomic mass is 16.5. The number of nitrogens with two attached hydrogens (primary N) is 1. The van der Waals surface area contributed by atoms with Crippen molar-refractivity contribution in [2.45, 2.75) is 12.0 Å². The molecule has 2 aromatic rings. The molecule has 126 valence electrons. The van der Waals surface area contributed by atoms with Crippen LogP contribution in [0.4, 0.5) is 0 Å². The van der Waals surface area contributed by atoms with Crippen LogP contribution in [0.25, 0.3) is 11.1 Å². The molecule has 0 heterocycles. The fraction of sp³-hybridized carbons (Fsp3) is 0.316. The largest absolute Gasteiger partial charge is 0.463 e. The highest BCUT2D eigenvalue weighted by Crippen LogP contribution is 2.44. The molecule has 5 heteroatoms. The van der Waals surface area contributed by atoms with Crippen molar-refractivity contribution in [3.05, 3.63) is 59.7 Å². The van der Waals surface area contributed by atoms with Crippen molar-refractivity contribution < 1.29 is 19.4 Å². The Balaban J connectivity index is 1.68. The summed E-state index contributed by atoms with van der Waals surface area (Å²) in [6, 6.07) is 15.5. The first kappa shape index (κ1) is 16.6. The van der Waals surface area contributed by atoms with Crippen LogP contribution in [0.2, 0.25) is 0 Å². The summed E-state index contributed by atoms with van der Waals surface area (Å²) in [5, 5.41) is 8.67. The third kappa shape index (κ3) is 3.33. The molecule has 0 fully saturated rings. The Kier molecular flexibility index (Phi) is 5.25. The Morgan fingerprint density at radius 3 is 2.25 bits per heavy atom. The highest BCUT2D eigenvalue weighted by Gasteiger charge is 2.29. The van der Waals surface area contributed by atoms with Crippen LogP contribution in [0.3, 0.4) is 0 Å². The molecule has 0 saturated heterocycles. The van der Waals surface area contributed by atoms with Gasteiger partial charge >= 0.3 is 5.97 Å². The van der Waals surface area contributed by atoms with Crippen LogP contribution in [0, 0.1) is 0 Å². The standard InChI is InChI=1S/C19H21NO4/c20-18(12-23-10-9-21)19(22)24-11-17-15-7-3-1-5-13(15)14-6-2-4-8-16(14)17/h1-8,17-18,21H,9-12,20H2. The maximum Gasteiger partial charge on any atom is 0.325 e. The van der Waals surface area contributed by atoms with Gasteiger partial charge in [0.05, 0.1) is 19.8 Å². The first-order valence-corrected chi connectivity index (χ1v) is 8.01. The van der Waals surface area contributed by atoms with Crippen molar-refractivity contribution in [2.24, 2.45) is 5.73 Å². The molecule has 0 aromatic heterocycles. The average molecular weight is 327 g/mol. The van der Waals surface area contributed by atoms with Gasteiger partial charge < -0.3 is 20.3 Å². The van der Waals surface area contributed by atoms with Crippen LogP contribution in [-0.2, 0) is 14.3 Å². The predicted molar refractivity (Wildman–Crippen MR) is 90.6 cm³/mol. The summed E-state index contributed by atoms with van der Waals surface area (Å²) >= 11 is 0. The van der Waals surface area contributed by atoms with Crippen molar-refractivity contribution >= 4 is 5.97 Å². The maximum absolute atomic E-state index is 12.0. The molecule has 5 nitrogen and oxygen atoms in total. The number of aliphatic hydroxyl groups excluding tert-OH is 1. The van der Waals surface area contributed by atoms with Gasteiger partial charge in [-0.2, -0.15) is 0 Å². The molecular weight excluding hydrogens is 306 g/mol. The van der Waals surface area contributed by atoms with Crippen molar-refractivity contribution in [1.29, 1.82) is 0 Å². The molecule has 1 aliphatic rings. The fourth-order valence-corrected chi connectivity index (χ4v) is 3.05. The van der Waals surface area contributed by atoms with E-state index < -0.39 is 12.0 Å². The number of carbonyl (C=O) groups is 1. The molecule has 0 bridgehead atoms. The number of esters is 1. The molecule has 0 aliphatic heterocycles. The Bertz CT molecular complexity index is 671. The SMILES string of the molecule is NC(COCCO)C(=O)OCC1c2ccccc2-c2ccccc21. The zero-order valence-corrected chi connectivity index (χ0v) is 13.4. The quantitative estimate of drug-likeness (QED) is 0.597. The van der Waals surface area contributed by atoms with Crippen molar-refractivity contribution in [1.82, 2.24) is 0 Å². The molecule has 0 saturated carbocycles. The molecular formula is C19H21NO4. The van der Waals surface area contributed by atoms with E-state index in [1.165, 1.54) is 11.1 Å². The van der Waals surface area contributed by atoms with Gasteiger partial charge in [-0.25, -0.2) is 0 Å². The topological polar surface area (TPSA) is 81.8 Å². The van der Waals surface area contributed by atoms with Crippen LogP contribution in [0.1, 0.15) is 17.0 Å². The Morgan fingerprint density at radius 1 is 1.08 bits per heavy atom. The Labute approximate surface area is 141 Å². The summed E-state index contributed by atoms with van der Waals surface area (Å²) < 4.78 is 10.5. The van der Waals surface area contributed by atoms with Gasteiger partial charge in [0.1, 0.15) is 12.6 Å². The monoisotopic (exact) mass is 327 g/mol.